The molecule has 0 aliphatic carbocycles. The minimum Gasteiger partial charge on any atom is -0.493 e. The highest BCUT2D eigenvalue weighted by molar-refractivity contribution is 6.03. The number of hydrogen-bond donors (Lipinski definition) is 2. The van der Waals surface area contributed by atoms with E-state index in [2.05, 4.69) is 10.6 Å². The first-order valence-corrected chi connectivity index (χ1v) is 10.1. The molecule has 0 unspecified atom stereocenters. The number of ether oxygens (including phenoxy) is 3. The van der Waals surface area contributed by atoms with Crippen molar-refractivity contribution in [3.05, 3.63) is 65.1 Å². The molecule has 0 saturated heterocycles. The third-order valence-electron chi connectivity index (χ3n) is 5.22. The molecule has 2 aromatic carbocycles. The van der Waals surface area contributed by atoms with E-state index >= 15 is 0 Å². The van der Waals surface area contributed by atoms with Crippen molar-refractivity contribution in [3.63, 3.8) is 0 Å². The largest absolute Gasteiger partial charge is 0.493 e. The molecular formula is C24H24N2O6. The summed E-state index contributed by atoms with van der Waals surface area (Å²) in [6, 6.07) is 12.3. The van der Waals surface area contributed by atoms with Crippen LogP contribution in [0.5, 0.6) is 17.2 Å². The van der Waals surface area contributed by atoms with Crippen LogP contribution < -0.4 is 24.8 Å². The van der Waals surface area contributed by atoms with E-state index in [0.717, 1.165) is 16.8 Å². The monoisotopic (exact) mass is 436 g/mol. The Bertz CT molecular complexity index is 1170. The third kappa shape index (κ3) is 4.54. The van der Waals surface area contributed by atoms with Crippen LogP contribution in [0, 0.1) is 6.92 Å². The fourth-order valence-electron chi connectivity index (χ4n) is 3.48. The van der Waals surface area contributed by atoms with Crippen LogP contribution in [0.3, 0.4) is 0 Å². The normalized spacial score (nSPS) is 12.5. The lowest BCUT2D eigenvalue weighted by Gasteiger charge is -2.17. The first kappa shape index (κ1) is 21.3. The van der Waals surface area contributed by atoms with Gasteiger partial charge in [0.15, 0.2) is 17.3 Å². The van der Waals surface area contributed by atoms with Gasteiger partial charge in [-0.1, -0.05) is 0 Å². The van der Waals surface area contributed by atoms with E-state index in [4.69, 9.17) is 18.6 Å². The molecule has 3 aromatic rings. The summed E-state index contributed by atoms with van der Waals surface area (Å²) in [6.07, 6.45) is 1.14. The van der Waals surface area contributed by atoms with Crippen LogP contribution in [0.15, 0.2) is 46.9 Å². The van der Waals surface area contributed by atoms with E-state index in [9.17, 15) is 9.59 Å². The molecule has 1 aliphatic heterocycles. The number of aryl methyl sites for hydroxylation is 2. The Balaban J connectivity index is 1.40. The summed E-state index contributed by atoms with van der Waals surface area (Å²) < 4.78 is 22.0. The summed E-state index contributed by atoms with van der Waals surface area (Å²) >= 11 is 0. The molecule has 0 spiro atoms. The Hall–Kier alpha value is -3.94. The average molecular weight is 436 g/mol. The van der Waals surface area contributed by atoms with Crippen LogP contribution in [0.1, 0.15) is 33.9 Å². The second-order valence-corrected chi connectivity index (χ2v) is 7.40. The Kier molecular flexibility index (Phi) is 6.02. The predicted octanol–water partition coefficient (Wildman–Crippen LogP) is 4.32. The van der Waals surface area contributed by atoms with Gasteiger partial charge in [0.1, 0.15) is 18.1 Å². The number of fused-ring (bicyclic) bond motifs is 1. The Morgan fingerprint density at radius 2 is 1.84 bits per heavy atom. The molecule has 4 rings (SSSR count). The maximum Gasteiger partial charge on any atom is 0.291 e. The predicted molar refractivity (Wildman–Crippen MR) is 119 cm³/mol. The zero-order valence-electron chi connectivity index (χ0n) is 18.1. The first-order chi connectivity index (χ1) is 15.5. The molecule has 2 amide bonds. The Morgan fingerprint density at radius 1 is 1.06 bits per heavy atom. The van der Waals surface area contributed by atoms with Gasteiger partial charge in [-0.05, 0) is 60.9 Å². The Morgan fingerprint density at radius 3 is 2.62 bits per heavy atom. The summed E-state index contributed by atoms with van der Waals surface area (Å²) in [4.78, 5) is 24.1. The second kappa shape index (κ2) is 9.05. The molecule has 0 radical (unpaired) electrons. The van der Waals surface area contributed by atoms with E-state index in [0.29, 0.717) is 41.5 Å². The van der Waals surface area contributed by atoms with Crippen LogP contribution in [-0.2, 0) is 17.8 Å². The lowest BCUT2D eigenvalue weighted by atomic mass is 10.0. The number of furan rings is 1. The number of anilines is 2. The highest BCUT2D eigenvalue weighted by Crippen LogP contribution is 2.33. The van der Waals surface area contributed by atoms with Gasteiger partial charge in [0.2, 0.25) is 5.91 Å². The van der Waals surface area contributed by atoms with Crippen molar-refractivity contribution in [1.82, 2.24) is 0 Å². The number of carbonyl (C=O) groups is 2. The minimum absolute atomic E-state index is 0.0239. The van der Waals surface area contributed by atoms with Gasteiger partial charge < -0.3 is 29.3 Å². The van der Waals surface area contributed by atoms with Crippen LogP contribution in [0.4, 0.5) is 11.4 Å². The van der Waals surface area contributed by atoms with Gasteiger partial charge in [0, 0.05) is 23.9 Å². The molecule has 2 heterocycles. The molecule has 1 aromatic heterocycles. The standard InChI is InChI=1S/C24H24N2O6/c1-14-10-21(29-2)22(30-3)12-19(14)26-24(28)20-8-6-17(32-20)13-31-16-5-7-18-15(11-16)4-9-23(27)25-18/h5-8,10-12H,4,9,13H2,1-3H3,(H,25,27)(H,26,28). The van der Waals surface area contributed by atoms with E-state index in [1.165, 1.54) is 7.11 Å². The summed E-state index contributed by atoms with van der Waals surface area (Å²) in [6.45, 7) is 2.04. The minimum atomic E-state index is -0.379. The first-order valence-electron chi connectivity index (χ1n) is 10.1. The number of nitrogens with one attached hydrogen (secondary N) is 2. The SMILES string of the molecule is COc1cc(C)c(NC(=O)c2ccc(COc3ccc4c(c3)CCC(=O)N4)o2)cc1OC. The molecular weight excluding hydrogens is 412 g/mol. The lowest BCUT2D eigenvalue weighted by molar-refractivity contribution is -0.116. The molecule has 2 N–H and O–H groups in total. The van der Waals surface area contributed by atoms with Gasteiger partial charge in [-0.2, -0.15) is 0 Å². The zero-order chi connectivity index (χ0) is 22.7. The maximum atomic E-state index is 12.6. The molecule has 1 aliphatic rings. The molecule has 8 heteroatoms. The molecule has 166 valence electrons. The van der Waals surface area contributed by atoms with Crippen molar-refractivity contribution >= 4 is 23.2 Å². The molecule has 32 heavy (non-hydrogen) atoms. The molecule has 0 fully saturated rings. The van der Waals surface area contributed by atoms with E-state index < -0.39 is 0 Å². The van der Waals surface area contributed by atoms with Crippen molar-refractivity contribution < 1.29 is 28.2 Å². The van der Waals surface area contributed by atoms with Crippen molar-refractivity contribution in [2.24, 2.45) is 0 Å². The number of carbonyl (C=O) groups excluding carboxylic acids is 2. The highest BCUT2D eigenvalue weighted by atomic mass is 16.5. The van der Waals surface area contributed by atoms with Crippen LogP contribution >= 0.6 is 0 Å². The van der Waals surface area contributed by atoms with Crippen molar-refractivity contribution in [3.8, 4) is 17.2 Å². The van der Waals surface area contributed by atoms with E-state index in [1.54, 1.807) is 37.4 Å². The van der Waals surface area contributed by atoms with Gasteiger partial charge in [-0.3, -0.25) is 9.59 Å². The van der Waals surface area contributed by atoms with Crippen LogP contribution in [-0.4, -0.2) is 26.0 Å². The van der Waals surface area contributed by atoms with Crippen LogP contribution in [0.25, 0.3) is 0 Å². The van der Waals surface area contributed by atoms with E-state index in [-0.39, 0.29) is 24.2 Å². The third-order valence-corrected chi connectivity index (χ3v) is 5.22. The zero-order valence-corrected chi connectivity index (χ0v) is 18.1. The van der Waals surface area contributed by atoms with Crippen molar-refractivity contribution in [2.45, 2.75) is 26.4 Å². The summed E-state index contributed by atoms with van der Waals surface area (Å²) in [7, 11) is 3.10. The average Bonchev–Trinajstić information content (AvgIpc) is 3.28. The summed E-state index contributed by atoms with van der Waals surface area (Å²) in [5.74, 6) is 2.11. The second-order valence-electron chi connectivity index (χ2n) is 7.40. The number of methoxy groups -OCH3 is 2. The van der Waals surface area contributed by atoms with Gasteiger partial charge in [0.25, 0.3) is 5.91 Å². The highest BCUT2D eigenvalue weighted by Gasteiger charge is 2.17. The van der Waals surface area contributed by atoms with Gasteiger partial charge in [-0.15, -0.1) is 0 Å². The van der Waals surface area contributed by atoms with Crippen molar-refractivity contribution in [1.29, 1.82) is 0 Å². The van der Waals surface area contributed by atoms with E-state index in [1.807, 2.05) is 19.1 Å². The topological polar surface area (TPSA) is 99.0 Å². The van der Waals surface area contributed by atoms with Gasteiger partial charge >= 0.3 is 0 Å². The van der Waals surface area contributed by atoms with Gasteiger partial charge in [0.05, 0.1) is 14.2 Å². The lowest BCUT2D eigenvalue weighted by Crippen LogP contribution is -2.18. The number of amides is 2. The number of benzene rings is 2. The fraction of sp³-hybridized carbons (Fsp3) is 0.250. The summed E-state index contributed by atoms with van der Waals surface area (Å²) in [5, 5.41) is 5.68. The van der Waals surface area contributed by atoms with Crippen molar-refractivity contribution in [2.75, 3.05) is 24.9 Å². The van der Waals surface area contributed by atoms with Crippen LogP contribution in [0.2, 0.25) is 0 Å². The number of rotatable bonds is 7. The molecule has 0 atom stereocenters. The Labute approximate surface area is 185 Å². The summed E-state index contributed by atoms with van der Waals surface area (Å²) in [5.41, 5.74) is 3.28. The molecule has 8 nitrogen and oxygen atoms in total. The maximum absolute atomic E-state index is 12.6. The number of hydrogen-bond acceptors (Lipinski definition) is 6. The fourth-order valence-corrected chi connectivity index (χ4v) is 3.48. The smallest absolute Gasteiger partial charge is 0.291 e. The molecule has 0 bridgehead atoms. The van der Waals surface area contributed by atoms with Gasteiger partial charge in [-0.25, -0.2) is 0 Å². The molecule has 0 saturated carbocycles. The quantitative estimate of drug-likeness (QED) is 0.572.